The maximum absolute atomic E-state index is 12.2. The van der Waals surface area contributed by atoms with E-state index in [0.717, 1.165) is 11.8 Å². The van der Waals surface area contributed by atoms with Crippen LogP contribution in [-0.4, -0.2) is 22.6 Å². The normalized spacial score (nSPS) is 12.6. The molecule has 0 aliphatic carbocycles. The van der Waals surface area contributed by atoms with Gasteiger partial charge >= 0.3 is 6.09 Å². The number of rotatable bonds is 4. The number of hydrogen-bond acceptors (Lipinski definition) is 4. The molecule has 1 amide bonds. The summed E-state index contributed by atoms with van der Waals surface area (Å²) in [6.45, 7) is 7.19. The average Bonchev–Trinajstić information content (AvgIpc) is 2.35. The molecule has 0 saturated heterocycles. The zero-order valence-corrected chi connectivity index (χ0v) is 14.2. The summed E-state index contributed by atoms with van der Waals surface area (Å²) >= 11 is 7.00. The minimum atomic E-state index is -0.748. The van der Waals surface area contributed by atoms with Crippen molar-refractivity contribution in [2.24, 2.45) is 0 Å². The Bertz CT molecular complexity index is 497. The predicted octanol–water partition coefficient (Wildman–Crippen LogP) is 4.19. The lowest BCUT2D eigenvalue weighted by Gasteiger charge is -2.23. The van der Waals surface area contributed by atoms with Gasteiger partial charge in [0.05, 0.1) is 0 Å². The smallest absolute Gasteiger partial charge is 0.408 e. The highest BCUT2D eigenvalue weighted by atomic mass is 35.5. The van der Waals surface area contributed by atoms with Crippen LogP contribution in [0.15, 0.2) is 24.3 Å². The summed E-state index contributed by atoms with van der Waals surface area (Å²) in [4.78, 5) is 24.1. The van der Waals surface area contributed by atoms with E-state index in [2.05, 4.69) is 5.32 Å². The zero-order chi connectivity index (χ0) is 16.0. The Labute approximate surface area is 134 Å². The molecule has 1 aromatic carbocycles. The number of alkyl carbamates (subject to hydrolysis) is 1. The molecule has 21 heavy (non-hydrogen) atoms. The first-order valence-electron chi connectivity index (χ1n) is 6.64. The van der Waals surface area contributed by atoms with E-state index >= 15 is 0 Å². The van der Waals surface area contributed by atoms with Crippen molar-refractivity contribution < 1.29 is 14.3 Å². The molecule has 1 unspecified atom stereocenters. The van der Waals surface area contributed by atoms with Gasteiger partial charge in [-0.05, 0) is 44.2 Å². The summed E-state index contributed by atoms with van der Waals surface area (Å²) in [6.07, 6.45) is -0.618. The van der Waals surface area contributed by atoms with Crippen molar-refractivity contribution in [3.05, 3.63) is 34.9 Å². The second kappa shape index (κ2) is 7.71. The minimum Gasteiger partial charge on any atom is -0.444 e. The second-order valence-electron chi connectivity index (χ2n) is 5.38. The molecule has 0 heterocycles. The predicted molar refractivity (Wildman–Crippen MR) is 86.7 cm³/mol. The van der Waals surface area contributed by atoms with Gasteiger partial charge in [-0.2, -0.15) is 0 Å². The average molecular weight is 330 g/mol. The molecule has 0 radical (unpaired) electrons. The number of benzene rings is 1. The SMILES string of the molecule is CCSC(=O)C(NC(=O)OC(C)(C)C)c1ccc(Cl)cc1. The largest absolute Gasteiger partial charge is 0.444 e. The molecule has 0 saturated carbocycles. The number of carbonyl (C=O) groups excluding carboxylic acids is 2. The van der Waals surface area contributed by atoms with Crippen LogP contribution in [0.25, 0.3) is 0 Å². The van der Waals surface area contributed by atoms with Gasteiger partial charge in [-0.25, -0.2) is 4.79 Å². The molecular formula is C15H20ClNO3S. The third kappa shape index (κ3) is 6.40. The molecule has 0 aliphatic heterocycles. The number of amides is 1. The van der Waals surface area contributed by atoms with Gasteiger partial charge in [0.2, 0.25) is 5.12 Å². The Kier molecular flexibility index (Phi) is 6.55. The molecule has 0 spiro atoms. The van der Waals surface area contributed by atoms with E-state index in [1.807, 2.05) is 6.92 Å². The lowest BCUT2D eigenvalue weighted by atomic mass is 10.1. The molecule has 1 N–H and O–H groups in total. The highest BCUT2D eigenvalue weighted by molar-refractivity contribution is 8.13. The second-order valence-corrected chi connectivity index (χ2v) is 7.09. The summed E-state index contributed by atoms with van der Waals surface area (Å²) < 4.78 is 5.20. The van der Waals surface area contributed by atoms with Gasteiger partial charge in [0.25, 0.3) is 0 Å². The Morgan fingerprint density at radius 2 is 1.86 bits per heavy atom. The third-order valence-corrected chi connectivity index (χ3v) is 3.45. The standard InChI is InChI=1S/C15H20ClNO3S/c1-5-21-13(18)12(10-6-8-11(16)9-7-10)17-14(19)20-15(2,3)4/h6-9,12H,5H2,1-4H3,(H,17,19). The lowest BCUT2D eigenvalue weighted by molar-refractivity contribution is -0.113. The number of ether oxygens (including phenoxy) is 1. The van der Waals surface area contributed by atoms with Crippen LogP contribution in [0.4, 0.5) is 4.79 Å². The number of halogens is 1. The summed E-state index contributed by atoms with van der Waals surface area (Å²) in [7, 11) is 0. The van der Waals surface area contributed by atoms with E-state index in [0.29, 0.717) is 16.3 Å². The van der Waals surface area contributed by atoms with E-state index in [9.17, 15) is 9.59 Å². The van der Waals surface area contributed by atoms with Crippen LogP contribution < -0.4 is 5.32 Å². The van der Waals surface area contributed by atoms with Crippen LogP contribution in [0, 0.1) is 0 Å². The fourth-order valence-corrected chi connectivity index (χ4v) is 2.36. The number of carbonyl (C=O) groups is 2. The molecular weight excluding hydrogens is 310 g/mol. The molecule has 0 bridgehead atoms. The van der Waals surface area contributed by atoms with Crippen LogP contribution in [-0.2, 0) is 9.53 Å². The van der Waals surface area contributed by atoms with E-state index in [4.69, 9.17) is 16.3 Å². The third-order valence-electron chi connectivity index (χ3n) is 2.39. The van der Waals surface area contributed by atoms with Crippen molar-refractivity contribution in [2.75, 3.05) is 5.75 Å². The van der Waals surface area contributed by atoms with Crippen LogP contribution in [0.2, 0.25) is 5.02 Å². The quantitative estimate of drug-likeness (QED) is 0.900. The summed E-state index contributed by atoms with van der Waals surface area (Å²) in [5.74, 6) is 0.638. The summed E-state index contributed by atoms with van der Waals surface area (Å²) in [6, 6.07) is 6.06. The number of nitrogens with one attached hydrogen (secondary N) is 1. The Morgan fingerprint density at radius 1 is 1.29 bits per heavy atom. The number of hydrogen-bond donors (Lipinski definition) is 1. The summed E-state index contributed by atoms with van der Waals surface area (Å²) in [5, 5.41) is 3.06. The molecule has 1 rings (SSSR count). The van der Waals surface area contributed by atoms with Crippen LogP contribution in [0.3, 0.4) is 0 Å². The Morgan fingerprint density at radius 3 is 2.33 bits per heavy atom. The van der Waals surface area contributed by atoms with Gasteiger partial charge < -0.3 is 10.1 Å². The van der Waals surface area contributed by atoms with Crippen molar-refractivity contribution >= 4 is 34.6 Å². The van der Waals surface area contributed by atoms with Gasteiger partial charge in [0.15, 0.2) is 0 Å². The lowest BCUT2D eigenvalue weighted by Crippen LogP contribution is -2.37. The zero-order valence-electron chi connectivity index (χ0n) is 12.6. The fraction of sp³-hybridized carbons (Fsp3) is 0.467. The van der Waals surface area contributed by atoms with E-state index < -0.39 is 17.7 Å². The molecule has 0 aliphatic rings. The topological polar surface area (TPSA) is 55.4 Å². The van der Waals surface area contributed by atoms with E-state index in [-0.39, 0.29) is 5.12 Å². The van der Waals surface area contributed by atoms with Crippen molar-refractivity contribution in [2.45, 2.75) is 39.3 Å². The van der Waals surface area contributed by atoms with Crippen LogP contribution >= 0.6 is 23.4 Å². The van der Waals surface area contributed by atoms with E-state index in [1.165, 1.54) is 0 Å². The highest BCUT2D eigenvalue weighted by Gasteiger charge is 2.25. The van der Waals surface area contributed by atoms with Crippen molar-refractivity contribution in [1.82, 2.24) is 5.32 Å². The number of thioether (sulfide) groups is 1. The Hall–Kier alpha value is -1.20. The molecule has 0 aromatic heterocycles. The van der Waals surface area contributed by atoms with Gasteiger partial charge in [-0.3, -0.25) is 4.79 Å². The monoisotopic (exact) mass is 329 g/mol. The van der Waals surface area contributed by atoms with Crippen molar-refractivity contribution in [3.63, 3.8) is 0 Å². The van der Waals surface area contributed by atoms with Crippen LogP contribution in [0.1, 0.15) is 39.3 Å². The fourth-order valence-electron chi connectivity index (χ4n) is 1.58. The molecule has 1 aromatic rings. The molecule has 6 heteroatoms. The van der Waals surface area contributed by atoms with Gasteiger partial charge in [-0.15, -0.1) is 0 Å². The molecule has 4 nitrogen and oxygen atoms in total. The molecule has 1 atom stereocenters. The first kappa shape index (κ1) is 17.9. The van der Waals surface area contributed by atoms with E-state index in [1.54, 1.807) is 45.0 Å². The first-order valence-corrected chi connectivity index (χ1v) is 8.01. The van der Waals surface area contributed by atoms with Crippen molar-refractivity contribution in [1.29, 1.82) is 0 Å². The van der Waals surface area contributed by atoms with Crippen LogP contribution in [0.5, 0.6) is 0 Å². The minimum absolute atomic E-state index is 0.134. The van der Waals surface area contributed by atoms with Gasteiger partial charge in [0, 0.05) is 5.02 Å². The summed E-state index contributed by atoms with van der Waals surface area (Å²) in [5.41, 5.74) is 0.0615. The maximum Gasteiger partial charge on any atom is 0.408 e. The van der Waals surface area contributed by atoms with Gasteiger partial charge in [0.1, 0.15) is 11.6 Å². The van der Waals surface area contributed by atoms with Crippen molar-refractivity contribution in [3.8, 4) is 0 Å². The maximum atomic E-state index is 12.2. The molecule has 0 fully saturated rings. The van der Waals surface area contributed by atoms with Gasteiger partial charge in [-0.1, -0.05) is 42.4 Å². The Balaban J connectivity index is 2.90. The highest BCUT2D eigenvalue weighted by Crippen LogP contribution is 2.22. The molecule has 116 valence electrons. The first-order chi connectivity index (χ1) is 9.73.